The molecular formula is C34H40FN7O2. The van der Waals surface area contributed by atoms with E-state index in [1.807, 2.05) is 13.0 Å². The van der Waals surface area contributed by atoms with E-state index < -0.39 is 11.7 Å². The molecule has 0 spiro atoms. The quantitative estimate of drug-likeness (QED) is 0.292. The van der Waals surface area contributed by atoms with E-state index in [4.69, 9.17) is 9.97 Å². The SMILES string of the molecule is C[C@H]1NC(=O)[C@@H]2C[C@H]2CCCCCn2c(-c3nc4cc(C(=O)N[C@@H]5CCCNC5)c(F)cc4n3C3CC3)cc3ccc1nc32. The Balaban J connectivity index is 1.20. The second-order valence-electron chi connectivity index (χ2n) is 13.4. The summed E-state index contributed by atoms with van der Waals surface area (Å²) in [5, 5.41) is 10.5. The molecule has 8 rings (SSSR count). The summed E-state index contributed by atoms with van der Waals surface area (Å²) in [5.41, 5.74) is 4.06. The molecule has 230 valence electrons. The molecule has 4 atom stereocenters. The molecule has 5 heterocycles. The Morgan fingerprint density at radius 3 is 2.75 bits per heavy atom. The zero-order valence-electron chi connectivity index (χ0n) is 25.2. The number of hydrogen-bond donors (Lipinski definition) is 3. The number of piperidine rings is 1. The highest BCUT2D eigenvalue weighted by Gasteiger charge is 2.42. The van der Waals surface area contributed by atoms with E-state index in [-0.39, 0.29) is 35.5 Å². The second kappa shape index (κ2) is 11.0. The predicted molar refractivity (Wildman–Crippen MR) is 167 cm³/mol. The van der Waals surface area contributed by atoms with Crippen LogP contribution in [0.1, 0.15) is 92.8 Å². The smallest absolute Gasteiger partial charge is 0.254 e. The van der Waals surface area contributed by atoms with Gasteiger partial charge in [0.15, 0.2) is 5.82 Å². The van der Waals surface area contributed by atoms with Crippen LogP contribution >= 0.6 is 0 Å². The first kappa shape index (κ1) is 27.7. The van der Waals surface area contributed by atoms with Crippen molar-refractivity contribution in [2.75, 3.05) is 13.1 Å². The van der Waals surface area contributed by atoms with E-state index in [9.17, 15) is 9.59 Å². The number of aryl methyl sites for hydroxylation is 1. The van der Waals surface area contributed by atoms with Crippen molar-refractivity contribution in [2.45, 2.75) is 89.4 Å². The lowest BCUT2D eigenvalue weighted by Gasteiger charge is -2.23. The monoisotopic (exact) mass is 597 g/mol. The third-order valence-corrected chi connectivity index (χ3v) is 10.1. The minimum absolute atomic E-state index is 0.00483. The van der Waals surface area contributed by atoms with Crippen molar-refractivity contribution < 1.29 is 14.0 Å². The molecule has 4 aliphatic rings. The summed E-state index contributed by atoms with van der Waals surface area (Å²) in [5.74, 6) is 0.678. The molecule has 44 heavy (non-hydrogen) atoms. The normalized spacial score (nSPS) is 25.9. The molecule has 3 aromatic heterocycles. The van der Waals surface area contributed by atoms with Crippen LogP contribution in [-0.4, -0.2) is 50.0 Å². The third kappa shape index (κ3) is 5.06. The number of pyridine rings is 1. The number of imidazole rings is 1. The molecule has 3 N–H and O–H groups in total. The van der Waals surface area contributed by atoms with E-state index in [1.54, 1.807) is 6.07 Å². The van der Waals surface area contributed by atoms with Gasteiger partial charge in [0.2, 0.25) is 5.91 Å². The molecule has 2 aliphatic heterocycles. The van der Waals surface area contributed by atoms with E-state index in [1.165, 1.54) is 6.07 Å². The molecular weight excluding hydrogens is 557 g/mol. The average Bonchev–Trinajstić information content (AvgIpc) is 3.94. The Morgan fingerprint density at radius 1 is 1.05 bits per heavy atom. The molecule has 2 aliphatic carbocycles. The molecule has 4 aromatic rings. The van der Waals surface area contributed by atoms with Crippen molar-refractivity contribution in [3.63, 3.8) is 0 Å². The van der Waals surface area contributed by atoms with Crippen LogP contribution in [0.2, 0.25) is 0 Å². The van der Waals surface area contributed by atoms with E-state index in [2.05, 4.69) is 37.2 Å². The first-order valence-electron chi connectivity index (χ1n) is 16.5. The highest BCUT2D eigenvalue weighted by atomic mass is 19.1. The van der Waals surface area contributed by atoms with Gasteiger partial charge in [0.05, 0.1) is 34.0 Å². The maximum absolute atomic E-state index is 15.6. The zero-order valence-corrected chi connectivity index (χ0v) is 25.2. The van der Waals surface area contributed by atoms with Crippen LogP contribution < -0.4 is 16.0 Å². The van der Waals surface area contributed by atoms with Crippen molar-refractivity contribution in [1.82, 2.24) is 35.1 Å². The van der Waals surface area contributed by atoms with Gasteiger partial charge < -0.3 is 25.1 Å². The molecule has 2 amide bonds. The van der Waals surface area contributed by atoms with Crippen molar-refractivity contribution in [3.05, 3.63) is 47.4 Å². The predicted octanol–water partition coefficient (Wildman–Crippen LogP) is 5.40. The number of rotatable bonds is 4. The number of nitrogens with one attached hydrogen (secondary N) is 3. The average molecular weight is 598 g/mol. The topological polar surface area (TPSA) is 106 Å². The largest absolute Gasteiger partial charge is 0.348 e. The first-order valence-corrected chi connectivity index (χ1v) is 16.5. The number of halogens is 1. The van der Waals surface area contributed by atoms with Crippen molar-refractivity contribution in [3.8, 4) is 11.5 Å². The molecule has 10 heteroatoms. The van der Waals surface area contributed by atoms with E-state index in [0.717, 1.165) is 105 Å². The Morgan fingerprint density at radius 2 is 1.93 bits per heavy atom. The number of carbonyl (C=O) groups is 2. The number of nitrogens with zero attached hydrogens (tertiary/aromatic N) is 4. The van der Waals surface area contributed by atoms with Crippen LogP contribution in [-0.2, 0) is 11.3 Å². The van der Waals surface area contributed by atoms with Crippen LogP contribution in [0, 0.1) is 17.7 Å². The molecule has 1 saturated heterocycles. The van der Waals surface area contributed by atoms with Gasteiger partial charge in [0.25, 0.3) is 5.91 Å². The van der Waals surface area contributed by atoms with Gasteiger partial charge in [-0.3, -0.25) is 9.59 Å². The molecule has 3 fully saturated rings. The Kier molecular flexibility index (Phi) is 6.92. The van der Waals surface area contributed by atoms with Gasteiger partial charge in [-0.05, 0) is 88.6 Å². The zero-order chi connectivity index (χ0) is 29.9. The minimum atomic E-state index is -0.519. The standard InChI is InChI=1S/C34H40FN7O2/c1-19-27-11-8-21-15-30(41(31(21)39-27)13-4-2-3-6-20-14-24(20)33(43)37-19)32-40-28-16-25(34(44)38-22-7-5-12-36-18-22)26(35)17-29(28)42(32)23-9-10-23/h8,11,15-17,19-20,22-24,36H,2-7,9-10,12-14,18H2,1H3,(H,37,43)(H,38,44)/t19-,20-,22-,24-/m1/s1. The molecule has 2 bridgehead atoms. The molecule has 1 aromatic carbocycles. The lowest BCUT2D eigenvalue weighted by atomic mass is 10.1. The number of benzene rings is 1. The summed E-state index contributed by atoms with van der Waals surface area (Å²) in [4.78, 5) is 36.2. The fraction of sp³-hybridized carbons (Fsp3) is 0.529. The molecule has 0 unspecified atom stereocenters. The first-order chi connectivity index (χ1) is 21.4. The van der Waals surface area contributed by atoms with E-state index >= 15 is 4.39 Å². The number of carbonyl (C=O) groups excluding carboxylic acids is 2. The highest BCUT2D eigenvalue weighted by Crippen LogP contribution is 2.44. The third-order valence-electron chi connectivity index (χ3n) is 10.1. The van der Waals surface area contributed by atoms with Crippen LogP contribution in [0.25, 0.3) is 33.6 Å². The van der Waals surface area contributed by atoms with Crippen LogP contribution in [0.15, 0.2) is 30.3 Å². The maximum Gasteiger partial charge on any atom is 0.254 e. The lowest BCUT2D eigenvalue weighted by Crippen LogP contribution is -2.45. The Hall–Kier alpha value is -3.79. The van der Waals surface area contributed by atoms with Crippen LogP contribution in [0.4, 0.5) is 4.39 Å². The van der Waals surface area contributed by atoms with Crippen molar-refractivity contribution >= 4 is 33.9 Å². The van der Waals surface area contributed by atoms with Gasteiger partial charge in [-0.2, -0.15) is 0 Å². The van der Waals surface area contributed by atoms with Crippen molar-refractivity contribution in [1.29, 1.82) is 0 Å². The summed E-state index contributed by atoms with van der Waals surface area (Å²) >= 11 is 0. The fourth-order valence-electron chi connectivity index (χ4n) is 7.34. The lowest BCUT2D eigenvalue weighted by molar-refractivity contribution is -0.123. The van der Waals surface area contributed by atoms with Gasteiger partial charge in [0.1, 0.15) is 11.5 Å². The van der Waals surface area contributed by atoms with Crippen LogP contribution in [0.3, 0.4) is 0 Å². The number of fused-ring (bicyclic) bond motifs is 3. The maximum atomic E-state index is 15.6. The Labute approximate surface area is 256 Å². The van der Waals surface area contributed by atoms with Gasteiger partial charge >= 0.3 is 0 Å². The summed E-state index contributed by atoms with van der Waals surface area (Å²) in [6, 6.07) is 9.40. The minimum Gasteiger partial charge on any atom is -0.348 e. The summed E-state index contributed by atoms with van der Waals surface area (Å²) in [6.07, 6.45) is 9.18. The Bertz CT molecular complexity index is 1770. The number of hydrogen-bond acceptors (Lipinski definition) is 5. The summed E-state index contributed by atoms with van der Waals surface area (Å²) < 4.78 is 20.0. The molecule has 2 saturated carbocycles. The fourth-order valence-corrected chi connectivity index (χ4v) is 7.34. The van der Waals surface area contributed by atoms with Gasteiger partial charge in [-0.15, -0.1) is 0 Å². The summed E-state index contributed by atoms with van der Waals surface area (Å²) in [6.45, 7) is 4.44. The van der Waals surface area contributed by atoms with Crippen molar-refractivity contribution in [2.24, 2.45) is 11.8 Å². The van der Waals surface area contributed by atoms with Crippen LogP contribution in [0.5, 0.6) is 0 Å². The molecule has 0 radical (unpaired) electrons. The van der Waals surface area contributed by atoms with Gasteiger partial charge in [-0.1, -0.05) is 12.8 Å². The van der Waals surface area contributed by atoms with Gasteiger partial charge in [0, 0.05) is 42.5 Å². The van der Waals surface area contributed by atoms with Gasteiger partial charge in [-0.25, -0.2) is 14.4 Å². The van der Waals surface area contributed by atoms with E-state index in [0.29, 0.717) is 18.0 Å². The molecule has 9 nitrogen and oxygen atoms in total. The second-order valence-corrected chi connectivity index (χ2v) is 13.4. The number of amides is 2. The summed E-state index contributed by atoms with van der Waals surface area (Å²) in [7, 11) is 0. The number of aromatic nitrogens is 4. The highest BCUT2D eigenvalue weighted by molar-refractivity contribution is 5.98.